The van der Waals surface area contributed by atoms with E-state index in [1.807, 2.05) is 19.1 Å². The third-order valence-corrected chi connectivity index (χ3v) is 5.70. The van der Waals surface area contributed by atoms with Gasteiger partial charge in [0.05, 0.1) is 29.8 Å². The molecule has 2 aliphatic rings. The van der Waals surface area contributed by atoms with Gasteiger partial charge in [-0.1, -0.05) is 17.7 Å². The van der Waals surface area contributed by atoms with Crippen LogP contribution in [0.25, 0.3) is 0 Å². The van der Waals surface area contributed by atoms with Gasteiger partial charge in [-0.15, -0.1) is 0 Å². The molecule has 7 nitrogen and oxygen atoms in total. The number of amides is 3. The summed E-state index contributed by atoms with van der Waals surface area (Å²) < 4.78 is 5.72. The first-order valence-electron chi connectivity index (χ1n) is 10.3. The number of hydrogen-bond donors (Lipinski definition) is 0. The third kappa shape index (κ3) is 4.21. The normalized spacial score (nSPS) is 20.7. The molecule has 0 radical (unpaired) electrons. The van der Waals surface area contributed by atoms with E-state index >= 15 is 0 Å². The molecule has 0 aliphatic carbocycles. The summed E-state index contributed by atoms with van der Waals surface area (Å²) in [7, 11) is 0. The quantitative estimate of drug-likeness (QED) is 0.698. The number of carbonyl (C=O) groups excluding carboxylic acids is 3. The molecule has 0 N–H and O–H groups in total. The SMILES string of the molecule is Cc1cccc(C(=O)N(CC2CCCO2)C2CC(=O)N(c3ccc(C#N)cc3)C2=O)c1. The predicted molar refractivity (Wildman–Crippen MR) is 113 cm³/mol. The van der Waals surface area contributed by atoms with E-state index in [2.05, 4.69) is 0 Å². The molecule has 7 heteroatoms. The fraction of sp³-hybridized carbons (Fsp3) is 0.333. The van der Waals surface area contributed by atoms with Crippen LogP contribution in [0.3, 0.4) is 0 Å². The lowest BCUT2D eigenvalue weighted by Crippen LogP contribution is -2.48. The van der Waals surface area contributed by atoms with Gasteiger partial charge in [-0.2, -0.15) is 5.26 Å². The summed E-state index contributed by atoms with van der Waals surface area (Å²) in [5.74, 6) is -1.09. The highest BCUT2D eigenvalue weighted by molar-refractivity contribution is 6.23. The number of ether oxygens (including phenoxy) is 1. The summed E-state index contributed by atoms with van der Waals surface area (Å²) in [5.41, 5.74) is 2.26. The second kappa shape index (κ2) is 8.70. The number of benzene rings is 2. The number of carbonyl (C=O) groups is 3. The summed E-state index contributed by atoms with van der Waals surface area (Å²) in [4.78, 5) is 42.1. The van der Waals surface area contributed by atoms with Crippen molar-refractivity contribution >= 4 is 23.4 Å². The Morgan fingerprint density at radius 3 is 2.65 bits per heavy atom. The lowest BCUT2D eigenvalue weighted by Gasteiger charge is -2.30. The summed E-state index contributed by atoms with van der Waals surface area (Å²) in [6.07, 6.45) is 1.49. The molecule has 0 aromatic heterocycles. The van der Waals surface area contributed by atoms with Gasteiger partial charge in [-0.3, -0.25) is 14.4 Å². The molecular formula is C24H23N3O4. The van der Waals surface area contributed by atoms with Gasteiger partial charge in [0.15, 0.2) is 0 Å². The lowest BCUT2D eigenvalue weighted by molar-refractivity contribution is -0.122. The average molecular weight is 417 g/mol. The van der Waals surface area contributed by atoms with Gasteiger partial charge in [-0.25, -0.2) is 4.90 Å². The van der Waals surface area contributed by atoms with E-state index in [4.69, 9.17) is 10.00 Å². The minimum atomic E-state index is -0.889. The zero-order valence-corrected chi connectivity index (χ0v) is 17.3. The Morgan fingerprint density at radius 1 is 1.23 bits per heavy atom. The van der Waals surface area contributed by atoms with Crippen molar-refractivity contribution in [3.8, 4) is 6.07 Å². The molecule has 2 unspecified atom stereocenters. The monoisotopic (exact) mass is 417 g/mol. The largest absolute Gasteiger partial charge is 0.376 e. The van der Waals surface area contributed by atoms with Crippen LogP contribution < -0.4 is 4.90 Å². The number of imide groups is 1. The van der Waals surface area contributed by atoms with Crippen molar-refractivity contribution in [1.82, 2.24) is 4.90 Å². The van der Waals surface area contributed by atoms with Crippen LogP contribution in [-0.2, 0) is 14.3 Å². The fourth-order valence-corrected chi connectivity index (χ4v) is 4.12. The van der Waals surface area contributed by atoms with Crippen LogP contribution in [0.5, 0.6) is 0 Å². The molecule has 0 bridgehead atoms. The summed E-state index contributed by atoms with van der Waals surface area (Å²) >= 11 is 0. The number of nitriles is 1. The Morgan fingerprint density at radius 2 is 2.00 bits per heavy atom. The van der Waals surface area contributed by atoms with Crippen molar-refractivity contribution in [2.45, 2.75) is 38.3 Å². The van der Waals surface area contributed by atoms with Crippen molar-refractivity contribution in [1.29, 1.82) is 5.26 Å². The Labute approximate surface area is 180 Å². The van der Waals surface area contributed by atoms with Gasteiger partial charge in [0.25, 0.3) is 11.8 Å². The summed E-state index contributed by atoms with van der Waals surface area (Å²) in [5, 5.41) is 8.98. The average Bonchev–Trinajstić information content (AvgIpc) is 3.39. The van der Waals surface area contributed by atoms with Crippen LogP contribution in [0, 0.1) is 18.3 Å². The summed E-state index contributed by atoms with van der Waals surface area (Å²) in [6.45, 7) is 2.79. The first kappa shape index (κ1) is 20.8. The molecule has 0 saturated carbocycles. The molecule has 4 rings (SSSR count). The molecular weight excluding hydrogens is 394 g/mol. The second-order valence-corrected chi connectivity index (χ2v) is 7.91. The molecule has 2 atom stereocenters. The molecule has 2 aliphatic heterocycles. The standard InChI is InChI=1S/C24H23N3O4/c1-16-4-2-5-18(12-16)23(29)26(15-20-6-3-11-31-20)21-13-22(28)27(24(21)30)19-9-7-17(14-25)8-10-19/h2,4-5,7-10,12,20-21H,3,6,11,13,15H2,1H3. The number of aryl methyl sites for hydroxylation is 1. The van der Waals surface area contributed by atoms with E-state index in [-0.39, 0.29) is 30.9 Å². The minimum absolute atomic E-state index is 0.0802. The molecule has 2 aromatic carbocycles. The Bertz CT molecular complexity index is 1050. The smallest absolute Gasteiger partial charge is 0.257 e. The molecule has 158 valence electrons. The molecule has 3 amide bonds. The van der Waals surface area contributed by atoms with Gasteiger partial charge in [0.2, 0.25) is 5.91 Å². The topological polar surface area (TPSA) is 90.7 Å². The zero-order valence-electron chi connectivity index (χ0n) is 17.3. The van der Waals surface area contributed by atoms with Gasteiger partial charge < -0.3 is 9.64 Å². The number of hydrogen-bond acceptors (Lipinski definition) is 5. The molecule has 2 saturated heterocycles. The van der Waals surface area contributed by atoms with Crippen molar-refractivity contribution < 1.29 is 19.1 Å². The van der Waals surface area contributed by atoms with Crippen LogP contribution in [0.2, 0.25) is 0 Å². The van der Waals surface area contributed by atoms with Gasteiger partial charge >= 0.3 is 0 Å². The third-order valence-electron chi connectivity index (χ3n) is 5.70. The Balaban J connectivity index is 1.64. The number of anilines is 1. The Kier molecular flexibility index (Phi) is 5.83. The maximum absolute atomic E-state index is 13.4. The first-order chi connectivity index (χ1) is 15.0. The highest BCUT2D eigenvalue weighted by atomic mass is 16.5. The Hall–Kier alpha value is -3.50. The first-order valence-corrected chi connectivity index (χ1v) is 10.3. The van der Waals surface area contributed by atoms with Crippen LogP contribution in [-0.4, -0.2) is 47.9 Å². The van der Waals surface area contributed by atoms with Gasteiger partial charge in [0, 0.05) is 18.7 Å². The van der Waals surface area contributed by atoms with Crippen molar-refractivity contribution in [2.75, 3.05) is 18.1 Å². The van der Waals surface area contributed by atoms with Crippen LogP contribution in [0.1, 0.15) is 40.7 Å². The highest BCUT2D eigenvalue weighted by Crippen LogP contribution is 2.28. The fourth-order valence-electron chi connectivity index (χ4n) is 4.12. The zero-order chi connectivity index (χ0) is 22.0. The van der Waals surface area contributed by atoms with E-state index in [1.54, 1.807) is 42.5 Å². The van der Waals surface area contributed by atoms with E-state index < -0.39 is 11.9 Å². The molecule has 2 aromatic rings. The van der Waals surface area contributed by atoms with Gasteiger partial charge in [0.1, 0.15) is 6.04 Å². The second-order valence-electron chi connectivity index (χ2n) is 7.91. The van der Waals surface area contributed by atoms with Crippen molar-refractivity contribution in [2.24, 2.45) is 0 Å². The van der Waals surface area contributed by atoms with Crippen LogP contribution >= 0.6 is 0 Å². The predicted octanol–water partition coefficient (Wildman–Crippen LogP) is 2.82. The maximum Gasteiger partial charge on any atom is 0.257 e. The molecule has 2 fully saturated rings. The lowest BCUT2D eigenvalue weighted by atomic mass is 10.1. The van der Waals surface area contributed by atoms with E-state index in [1.165, 1.54) is 4.90 Å². The van der Waals surface area contributed by atoms with Crippen molar-refractivity contribution in [3.05, 3.63) is 65.2 Å². The maximum atomic E-state index is 13.4. The number of nitrogens with zero attached hydrogens (tertiary/aromatic N) is 3. The highest BCUT2D eigenvalue weighted by Gasteiger charge is 2.45. The summed E-state index contributed by atoms with van der Waals surface area (Å²) in [6, 6.07) is 14.6. The molecule has 31 heavy (non-hydrogen) atoms. The van der Waals surface area contributed by atoms with Crippen LogP contribution in [0.15, 0.2) is 48.5 Å². The van der Waals surface area contributed by atoms with E-state index in [9.17, 15) is 14.4 Å². The van der Waals surface area contributed by atoms with E-state index in [0.29, 0.717) is 23.4 Å². The van der Waals surface area contributed by atoms with Crippen LogP contribution in [0.4, 0.5) is 5.69 Å². The van der Waals surface area contributed by atoms with Gasteiger partial charge in [-0.05, 0) is 56.2 Å². The number of rotatable bonds is 5. The molecule has 0 spiro atoms. The molecule has 2 heterocycles. The van der Waals surface area contributed by atoms with E-state index in [0.717, 1.165) is 23.3 Å². The minimum Gasteiger partial charge on any atom is -0.376 e. The van der Waals surface area contributed by atoms with Crippen molar-refractivity contribution in [3.63, 3.8) is 0 Å².